The van der Waals surface area contributed by atoms with E-state index in [9.17, 15) is 15.3 Å². The highest BCUT2D eigenvalue weighted by atomic mass is 27.0. The topological polar surface area (TPSA) is 86.5 Å². The van der Waals surface area contributed by atoms with Crippen molar-refractivity contribution in [1.82, 2.24) is 9.97 Å². The first-order chi connectivity index (χ1) is 17.9. The number of hydrogen-bond donors (Lipinski definition) is 3. The van der Waals surface area contributed by atoms with Gasteiger partial charge in [-0.1, -0.05) is 84.9 Å². The number of benzene rings is 4. The van der Waals surface area contributed by atoms with Crippen LogP contribution in [-0.2, 0) is 0 Å². The molecule has 2 heterocycles. The Morgan fingerprint density at radius 2 is 0.895 bits per heavy atom. The summed E-state index contributed by atoms with van der Waals surface area (Å²) in [4.78, 5) is 8.45. The maximum Gasteiger partial charge on any atom is 0.141 e. The Kier molecular flexibility index (Phi) is 9.84. The maximum atomic E-state index is 9.56. The van der Waals surface area contributed by atoms with Gasteiger partial charge in [-0.25, -0.2) is 9.97 Å². The second-order valence-electron chi connectivity index (χ2n) is 8.49. The lowest BCUT2D eigenvalue weighted by Crippen LogP contribution is -1.82. The third-order valence-corrected chi connectivity index (χ3v) is 5.67. The van der Waals surface area contributed by atoms with Crippen molar-refractivity contribution >= 4 is 39.2 Å². The van der Waals surface area contributed by atoms with Gasteiger partial charge in [-0.2, -0.15) is 0 Å². The lowest BCUT2D eigenvalue weighted by molar-refractivity contribution is 0.477. The molecule has 2 aromatic heterocycles. The van der Waals surface area contributed by atoms with E-state index < -0.39 is 0 Å². The van der Waals surface area contributed by atoms with Crippen LogP contribution < -0.4 is 0 Å². The fourth-order valence-electron chi connectivity index (χ4n) is 3.79. The molecule has 0 bridgehead atoms. The summed E-state index contributed by atoms with van der Waals surface area (Å²) in [5, 5.41) is 30.4. The molecule has 6 aromatic rings. The summed E-state index contributed by atoms with van der Waals surface area (Å²) < 4.78 is 0. The minimum atomic E-state index is 0. The van der Waals surface area contributed by atoms with Crippen LogP contribution in [0.3, 0.4) is 0 Å². The third-order valence-electron chi connectivity index (χ3n) is 5.67. The molecule has 0 aliphatic heterocycles. The van der Waals surface area contributed by atoms with Crippen molar-refractivity contribution in [3.8, 4) is 28.4 Å². The molecule has 0 unspecified atom stereocenters. The van der Waals surface area contributed by atoms with Crippen LogP contribution in [-0.4, -0.2) is 42.6 Å². The maximum absolute atomic E-state index is 9.56. The fraction of sp³-hybridized carbons (Fsp3) is 0.0625. The van der Waals surface area contributed by atoms with Crippen LogP contribution in [0.2, 0.25) is 0 Å². The zero-order chi connectivity index (χ0) is 26.2. The number of aromatic hydroxyl groups is 3. The monoisotopic (exact) mass is 515 g/mol. The summed E-state index contributed by atoms with van der Waals surface area (Å²) in [5.74, 6) is 0.820. The number of fused-ring (bicyclic) bond motifs is 2. The Hall–Kier alpha value is -4.37. The highest BCUT2D eigenvalue weighted by Gasteiger charge is 2.01. The van der Waals surface area contributed by atoms with E-state index in [0.717, 1.165) is 33.3 Å². The molecule has 4 aromatic carbocycles. The number of aromatic nitrogens is 2. The number of phenols is 3. The van der Waals surface area contributed by atoms with Gasteiger partial charge in [0.25, 0.3) is 0 Å². The molecule has 0 aliphatic carbocycles. The largest absolute Gasteiger partial charge is 0.507 e. The molecule has 0 saturated heterocycles. The summed E-state index contributed by atoms with van der Waals surface area (Å²) in [6.07, 6.45) is 0. The zero-order valence-corrected chi connectivity index (χ0v) is 22.4. The molecule has 0 aliphatic rings. The first-order valence-electron chi connectivity index (χ1n) is 11.9. The molecular formula is C32H28AlN2O3. The average molecular weight is 516 g/mol. The van der Waals surface area contributed by atoms with E-state index >= 15 is 0 Å². The standard InChI is InChI=1S/C12H10O.2C10H9NO.Al/c13-12-9-5-4-8-11(12)10-6-2-1-3-7-10;2*1-7-5-6-8-3-2-4-9(12)10(8)11-7;/h1-9,13H;2*2-6,12H,1H3;. The summed E-state index contributed by atoms with van der Waals surface area (Å²) in [6.45, 7) is 3.82. The molecule has 0 fully saturated rings. The average Bonchev–Trinajstić information content (AvgIpc) is 2.91. The molecule has 3 radical (unpaired) electrons. The van der Waals surface area contributed by atoms with Crippen LogP contribution in [0.4, 0.5) is 0 Å². The molecule has 0 amide bonds. The van der Waals surface area contributed by atoms with Crippen LogP contribution in [0.1, 0.15) is 11.4 Å². The van der Waals surface area contributed by atoms with E-state index in [2.05, 4.69) is 9.97 Å². The van der Waals surface area contributed by atoms with Crippen LogP contribution in [0, 0.1) is 13.8 Å². The van der Waals surface area contributed by atoms with E-state index in [4.69, 9.17) is 0 Å². The number of para-hydroxylation sites is 3. The number of rotatable bonds is 1. The van der Waals surface area contributed by atoms with Gasteiger partial charge in [-0.05, 0) is 49.7 Å². The molecule has 0 spiro atoms. The predicted molar refractivity (Wildman–Crippen MR) is 156 cm³/mol. The lowest BCUT2D eigenvalue weighted by Gasteiger charge is -2.02. The first-order valence-corrected chi connectivity index (χ1v) is 11.9. The Balaban J connectivity index is 0.000000156. The molecule has 6 rings (SSSR count). The van der Waals surface area contributed by atoms with Gasteiger partial charge in [-0.15, -0.1) is 0 Å². The second kappa shape index (κ2) is 13.3. The Labute approximate surface area is 232 Å². The molecule has 187 valence electrons. The lowest BCUT2D eigenvalue weighted by atomic mass is 10.1. The van der Waals surface area contributed by atoms with Gasteiger partial charge in [0.05, 0.1) is 0 Å². The van der Waals surface area contributed by atoms with Crippen molar-refractivity contribution in [2.75, 3.05) is 0 Å². The molecule has 0 saturated carbocycles. The van der Waals surface area contributed by atoms with Gasteiger partial charge in [0.1, 0.15) is 28.3 Å². The summed E-state index contributed by atoms with van der Waals surface area (Å²) in [7, 11) is 0. The second-order valence-corrected chi connectivity index (χ2v) is 8.49. The fourth-order valence-corrected chi connectivity index (χ4v) is 3.79. The summed E-state index contributed by atoms with van der Waals surface area (Å²) >= 11 is 0. The molecule has 5 nitrogen and oxygen atoms in total. The van der Waals surface area contributed by atoms with Gasteiger partial charge in [0.2, 0.25) is 0 Å². The highest BCUT2D eigenvalue weighted by molar-refractivity contribution is 5.84. The summed E-state index contributed by atoms with van der Waals surface area (Å²) in [6, 6.07) is 35.8. The van der Waals surface area contributed by atoms with Crippen LogP contribution in [0.25, 0.3) is 32.9 Å². The first kappa shape index (κ1) is 28.2. The zero-order valence-electron chi connectivity index (χ0n) is 21.3. The van der Waals surface area contributed by atoms with Gasteiger partial charge in [-0.3, -0.25) is 0 Å². The molecule has 38 heavy (non-hydrogen) atoms. The van der Waals surface area contributed by atoms with Crippen LogP contribution >= 0.6 is 0 Å². The molecular weight excluding hydrogens is 487 g/mol. The quantitative estimate of drug-likeness (QED) is 0.202. The SMILES string of the molecule is Cc1ccc2cccc(O)c2n1.Cc1ccc2cccc(O)c2n1.Oc1ccccc1-c1ccccc1.[Al]. The highest BCUT2D eigenvalue weighted by Crippen LogP contribution is 2.28. The normalized spacial score (nSPS) is 9.95. The number of nitrogens with zero attached hydrogens (tertiary/aromatic N) is 2. The van der Waals surface area contributed by atoms with Crippen molar-refractivity contribution < 1.29 is 15.3 Å². The number of phenolic OH excluding ortho intramolecular Hbond substituents is 3. The van der Waals surface area contributed by atoms with Crippen molar-refractivity contribution in [2.45, 2.75) is 13.8 Å². The van der Waals surface area contributed by atoms with E-state index in [1.165, 1.54) is 0 Å². The Bertz CT molecular complexity index is 1560. The summed E-state index contributed by atoms with van der Waals surface area (Å²) in [5.41, 5.74) is 5.12. The third kappa shape index (κ3) is 7.11. The van der Waals surface area contributed by atoms with Gasteiger partial charge in [0, 0.05) is 45.1 Å². The van der Waals surface area contributed by atoms with E-state index in [1.54, 1.807) is 18.2 Å². The van der Waals surface area contributed by atoms with E-state index in [-0.39, 0.29) is 28.9 Å². The smallest absolute Gasteiger partial charge is 0.141 e. The minimum Gasteiger partial charge on any atom is -0.507 e. The van der Waals surface area contributed by atoms with Crippen molar-refractivity contribution in [3.05, 3.63) is 127 Å². The van der Waals surface area contributed by atoms with Gasteiger partial charge < -0.3 is 15.3 Å². The van der Waals surface area contributed by atoms with Gasteiger partial charge >= 0.3 is 0 Å². The Morgan fingerprint density at radius 3 is 1.39 bits per heavy atom. The van der Waals surface area contributed by atoms with E-state index in [0.29, 0.717) is 16.8 Å². The number of pyridine rings is 2. The molecule has 6 heteroatoms. The van der Waals surface area contributed by atoms with E-state index in [1.807, 2.05) is 111 Å². The van der Waals surface area contributed by atoms with Crippen molar-refractivity contribution in [1.29, 1.82) is 0 Å². The van der Waals surface area contributed by atoms with Gasteiger partial charge in [0.15, 0.2) is 0 Å². The molecule has 0 atom stereocenters. The number of aryl methyl sites for hydroxylation is 2. The van der Waals surface area contributed by atoms with Crippen LogP contribution in [0.5, 0.6) is 17.2 Å². The number of hydrogen-bond acceptors (Lipinski definition) is 5. The van der Waals surface area contributed by atoms with Crippen LogP contribution in [0.15, 0.2) is 115 Å². The molecule has 3 N–H and O–H groups in total. The Morgan fingerprint density at radius 1 is 0.447 bits per heavy atom. The van der Waals surface area contributed by atoms with Crippen molar-refractivity contribution in [2.24, 2.45) is 0 Å². The predicted octanol–water partition coefficient (Wildman–Crippen LogP) is 7.18. The minimum absolute atomic E-state index is 0. The van der Waals surface area contributed by atoms with Crippen molar-refractivity contribution in [3.63, 3.8) is 0 Å².